The number of aromatic nitrogens is 2. The molecule has 0 radical (unpaired) electrons. The second-order valence-electron chi connectivity index (χ2n) is 4.43. The molecule has 0 aliphatic heterocycles. The Kier molecular flexibility index (Phi) is 3.59. The minimum Gasteiger partial charge on any atom is -0.311 e. The highest BCUT2D eigenvalue weighted by Gasteiger charge is 2.12. The van der Waals surface area contributed by atoms with Gasteiger partial charge in [0.2, 0.25) is 0 Å². The lowest BCUT2D eigenvalue weighted by atomic mass is 9.99. The third-order valence-corrected chi connectivity index (χ3v) is 3.08. The number of likely N-dealkylation sites (N-methyl/N-ethyl adjacent to an activating group) is 1. The monoisotopic (exact) mass is 229 g/mol. The van der Waals surface area contributed by atoms with E-state index in [0.717, 1.165) is 6.54 Å². The van der Waals surface area contributed by atoms with Crippen molar-refractivity contribution in [2.45, 2.75) is 26.4 Å². The van der Waals surface area contributed by atoms with Gasteiger partial charge in [-0.05, 0) is 38.1 Å². The summed E-state index contributed by atoms with van der Waals surface area (Å²) in [4.78, 5) is 0. The van der Waals surface area contributed by atoms with E-state index in [0.29, 0.717) is 6.04 Å². The van der Waals surface area contributed by atoms with Crippen molar-refractivity contribution >= 4 is 0 Å². The highest BCUT2D eigenvalue weighted by atomic mass is 15.3. The Labute approximate surface area is 102 Å². The van der Waals surface area contributed by atoms with Crippen LogP contribution in [0.15, 0.2) is 36.7 Å². The van der Waals surface area contributed by atoms with Crippen molar-refractivity contribution in [1.82, 2.24) is 15.1 Å². The van der Waals surface area contributed by atoms with E-state index in [-0.39, 0.29) is 0 Å². The fourth-order valence-electron chi connectivity index (χ4n) is 2.16. The van der Waals surface area contributed by atoms with Crippen LogP contribution >= 0.6 is 0 Å². The lowest BCUT2D eigenvalue weighted by Crippen LogP contribution is -2.23. The summed E-state index contributed by atoms with van der Waals surface area (Å²) in [5.41, 5.74) is 3.98. The number of aryl methyl sites for hydroxylation is 2. The molecule has 1 heterocycles. The summed E-state index contributed by atoms with van der Waals surface area (Å²) in [6.07, 6.45) is 3.81. The van der Waals surface area contributed by atoms with Crippen LogP contribution in [0.3, 0.4) is 0 Å². The first-order valence-electron chi connectivity index (χ1n) is 5.92. The molecule has 1 aromatic heterocycles. The SMILES string of the molecule is CNC(Cn1cccn1)c1ccc(C)cc1C. The minimum absolute atomic E-state index is 0.301. The summed E-state index contributed by atoms with van der Waals surface area (Å²) in [5.74, 6) is 0. The maximum atomic E-state index is 4.25. The minimum atomic E-state index is 0.301. The van der Waals surface area contributed by atoms with Gasteiger partial charge in [-0.1, -0.05) is 23.8 Å². The van der Waals surface area contributed by atoms with Gasteiger partial charge < -0.3 is 5.32 Å². The van der Waals surface area contributed by atoms with E-state index in [1.807, 2.05) is 30.2 Å². The van der Waals surface area contributed by atoms with Crippen molar-refractivity contribution in [2.75, 3.05) is 7.05 Å². The van der Waals surface area contributed by atoms with E-state index in [1.54, 1.807) is 0 Å². The molecule has 0 amide bonds. The quantitative estimate of drug-likeness (QED) is 0.872. The van der Waals surface area contributed by atoms with E-state index >= 15 is 0 Å². The number of rotatable bonds is 4. The van der Waals surface area contributed by atoms with Gasteiger partial charge in [0, 0.05) is 12.4 Å². The molecule has 0 fully saturated rings. The number of hydrogen-bond donors (Lipinski definition) is 1. The van der Waals surface area contributed by atoms with Crippen LogP contribution in [0.1, 0.15) is 22.7 Å². The van der Waals surface area contributed by atoms with Gasteiger partial charge in [-0.25, -0.2) is 0 Å². The van der Waals surface area contributed by atoms with Gasteiger partial charge in [-0.3, -0.25) is 4.68 Å². The molecule has 2 rings (SSSR count). The van der Waals surface area contributed by atoms with E-state index in [9.17, 15) is 0 Å². The van der Waals surface area contributed by atoms with Crippen molar-refractivity contribution in [3.05, 3.63) is 53.3 Å². The fourth-order valence-corrected chi connectivity index (χ4v) is 2.16. The maximum absolute atomic E-state index is 4.25. The zero-order valence-electron chi connectivity index (χ0n) is 10.6. The Hall–Kier alpha value is -1.61. The number of nitrogens with one attached hydrogen (secondary N) is 1. The van der Waals surface area contributed by atoms with Gasteiger partial charge in [0.05, 0.1) is 12.6 Å². The molecule has 0 spiro atoms. The zero-order chi connectivity index (χ0) is 12.3. The Bertz CT molecular complexity index is 474. The van der Waals surface area contributed by atoms with Crippen LogP contribution in [0.5, 0.6) is 0 Å². The van der Waals surface area contributed by atoms with E-state index in [2.05, 4.69) is 42.5 Å². The van der Waals surface area contributed by atoms with Gasteiger partial charge in [0.1, 0.15) is 0 Å². The van der Waals surface area contributed by atoms with Crippen LogP contribution < -0.4 is 5.32 Å². The number of benzene rings is 1. The van der Waals surface area contributed by atoms with Crippen molar-refractivity contribution < 1.29 is 0 Å². The lowest BCUT2D eigenvalue weighted by Gasteiger charge is -2.19. The second kappa shape index (κ2) is 5.15. The van der Waals surface area contributed by atoms with Crippen LogP contribution in [-0.2, 0) is 6.54 Å². The van der Waals surface area contributed by atoms with Crippen molar-refractivity contribution in [2.24, 2.45) is 0 Å². The van der Waals surface area contributed by atoms with Gasteiger partial charge in [0.25, 0.3) is 0 Å². The number of nitrogens with zero attached hydrogens (tertiary/aromatic N) is 2. The normalized spacial score (nSPS) is 12.6. The molecule has 90 valence electrons. The molecule has 0 aliphatic carbocycles. The van der Waals surface area contributed by atoms with Crippen LogP contribution in [-0.4, -0.2) is 16.8 Å². The Morgan fingerprint density at radius 2 is 2.18 bits per heavy atom. The topological polar surface area (TPSA) is 29.9 Å². The average molecular weight is 229 g/mol. The summed E-state index contributed by atoms with van der Waals surface area (Å²) in [6, 6.07) is 8.85. The zero-order valence-corrected chi connectivity index (χ0v) is 10.6. The second-order valence-corrected chi connectivity index (χ2v) is 4.43. The Morgan fingerprint density at radius 1 is 1.35 bits per heavy atom. The molecular formula is C14H19N3. The third-order valence-electron chi connectivity index (χ3n) is 3.08. The van der Waals surface area contributed by atoms with Crippen LogP contribution in [0.25, 0.3) is 0 Å². The number of hydrogen-bond acceptors (Lipinski definition) is 2. The van der Waals surface area contributed by atoms with Crippen LogP contribution in [0, 0.1) is 13.8 Å². The summed E-state index contributed by atoms with van der Waals surface area (Å²) in [5, 5.41) is 7.61. The molecule has 1 N–H and O–H groups in total. The molecule has 0 aliphatic rings. The molecule has 0 saturated heterocycles. The summed E-state index contributed by atoms with van der Waals surface area (Å²) in [7, 11) is 1.99. The van der Waals surface area contributed by atoms with Crippen LogP contribution in [0.4, 0.5) is 0 Å². The largest absolute Gasteiger partial charge is 0.311 e. The van der Waals surface area contributed by atoms with E-state index in [4.69, 9.17) is 0 Å². The van der Waals surface area contributed by atoms with Gasteiger partial charge >= 0.3 is 0 Å². The van der Waals surface area contributed by atoms with E-state index in [1.165, 1.54) is 16.7 Å². The Balaban J connectivity index is 2.23. The molecule has 1 atom stereocenters. The summed E-state index contributed by atoms with van der Waals surface area (Å²) < 4.78 is 1.96. The molecule has 0 bridgehead atoms. The highest BCUT2D eigenvalue weighted by Crippen LogP contribution is 2.20. The standard InChI is InChI=1S/C14H19N3/c1-11-5-6-13(12(2)9-11)14(15-3)10-17-8-4-7-16-17/h4-9,14-15H,10H2,1-3H3. The first-order valence-corrected chi connectivity index (χ1v) is 5.92. The van der Waals surface area contributed by atoms with Gasteiger partial charge in [-0.2, -0.15) is 5.10 Å². The smallest absolute Gasteiger partial charge is 0.0604 e. The molecule has 17 heavy (non-hydrogen) atoms. The molecule has 3 heteroatoms. The first-order chi connectivity index (χ1) is 8.20. The maximum Gasteiger partial charge on any atom is 0.0604 e. The molecule has 2 aromatic rings. The van der Waals surface area contributed by atoms with E-state index < -0.39 is 0 Å². The molecule has 1 aromatic carbocycles. The first kappa shape index (κ1) is 11.9. The predicted molar refractivity (Wildman–Crippen MR) is 69.9 cm³/mol. The lowest BCUT2D eigenvalue weighted by molar-refractivity contribution is 0.467. The third kappa shape index (κ3) is 2.74. The van der Waals surface area contributed by atoms with Crippen molar-refractivity contribution in [3.8, 4) is 0 Å². The molecule has 1 unspecified atom stereocenters. The average Bonchev–Trinajstić information content (AvgIpc) is 2.79. The molecule has 3 nitrogen and oxygen atoms in total. The molecule has 0 saturated carbocycles. The molecular weight excluding hydrogens is 210 g/mol. The fraction of sp³-hybridized carbons (Fsp3) is 0.357. The highest BCUT2D eigenvalue weighted by molar-refractivity contribution is 5.32. The van der Waals surface area contributed by atoms with Gasteiger partial charge in [-0.15, -0.1) is 0 Å². The Morgan fingerprint density at radius 3 is 2.76 bits per heavy atom. The van der Waals surface area contributed by atoms with Gasteiger partial charge in [0.15, 0.2) is 0 Å². The summed E-state index contributed by atoms with van der Waals surface area (Å²) >= 11 is 0. The predicted octanol–water partition coefficient (Wildman–Crippen LogP) is 2.46. The summed E-state index contributed by atoms with van der Waals surface area (Å²) in [6.45, 7) is 5.14. The van der Waals surface area contributed by atoms with Crippen molar-refractivity contribution in [3.63, 3.8) is 0 Å². The van der Waals surface area contributed by atoms with Crippen molar-refractivity contribution in [1.29, 1.82) is 0 Å². The van der Waals surface area contributed by atoms with Crippen LogP contribution in [0.2, 0.25) is 0 Å².